The fourth-order valence-electron chi connectivity index (χ4n) is 4.40. The summed E-state index contributed by atoms with van der Waals surface area (Å²) in [6.45, 7) is 12.0. The number of aromatic nitrogens is 3. The van der Waals surface area contributed by atoms with Crippen LogP contribution in [0.2, 0.25) is 0 Å². The Bertz CT molecular complexity index is 1040. The molecular weight excluding hydrogens is 395 g/mol. The van der Waals surface area contributed by atoms with Crippen molar-refractivity contribution in [3.63, 3.8) is 0 Å². The van der Waals surface area contributed by atoms with Crippen LogP contribution < -0.4 is 4.90 Å². The van der Waals surface area contributed by atoms with Gasteiger partial charge < -0.3 is 9.64 Å². The van der Waals surface area contributed by atoms with Crippen molar-refractivity contribution in [2.45, 2.75) is 6.92 Å². The molecule has 2 fully saturated rings. The molecule has 0 spiro atoms. The predicted molar refractivity (Wildman–Crippen MR) is 119 cm³/mol. The van der Waals surface area contributed by atoms with Crippen molar-refractivity contribution >= 4 is 11.5 Å². The zero-order valence-corrected chi connectivity index (χ0v) is 18.0. The van der Waals surface area contributed by atoms with Crippen LogP contribution in [0.25, 0.3) is 16.9 Å². The molecule has 0 saturated carbocycles. The minimum absolute atomic E-state index is 0.257. The first-order valence-corrected chi connectivity index (χ1v) is 11.1. The molecule has 2 aromatic heterocycles. The molecule has 164 valence electrons. The van der Waals surface area contributed by atoms with E-state index >= 15 is 0 Å². The molecule has 3 aromatic rings. The summed E-state index contributed by atoms with van der Waals surface area (Å²) < 4.78 is 21.0. The van der Waals surface area contributed by atoms with Crippen molar-refractivity contribution in [1.29, 1.82) is 0 Å². The summed E-state index contributed by atoms with van der Waals surface area (Å²) in [5.41, 5.74) is 3.26. The molecule has 8 heteroatoms. The number of ether oxygens (including phenoxy) is 1. The van der Waals surface area contributed by atoms with E-state index in [1.165, 1.54) is 12.1 Å². The van der Waals surface area contributed by atoms with Gasteiger partial charge in [0.05, 0.1) is 18.9 Å². The van der Waals surface area contributed by atoms with Crippen LogP contribution in [0.15, 0.2) is 36.4 Å². The monoisotopic (exact) mass is 424 g/mol. The molecule has 5 rings (SSSR count). The van der Waals surface area contributed by atoms with Gasteiger partial charge in [0.2, 0.25) is 0 Å². The van der Waals surface area contributed by atoms with Crippen molar-refractivity contribution in [2.75, 3.05) is 70.5 Å². The lowest BCUT2D eigenvalue weighted by atomic mass is 10.1. The molecule has 0 N–H and O–H groups in total. The molecule has 0 unspecified atom stereocenters. The highest BCUT2D eigenvalue weighted by Crippen LogP contribution is 2.25. The van der Waals surface area contributed by atoms with E-state index in [4.69, 9.17) is 9.84 Å². The number of benzene rings is 1. The second kappa shape index (κ2) is 8.90. The third-order valence-electron chi connectivity index (χ3n) is 6.19. The van der Waals surface area contributed by atoms with Gasteiger partial charge in [-0.15, -0.1) is 0 Å². The predicted octanol–water partition coefficient (Wildman–Crippen LogP) is 2.30. The molecule has 2 saturated heterocycles. The first-order chi connectivity index (χ1) is 15.2. The highest BCUT2D eigenvalue weighted by atomic mass is 19.1. The van der Waals surface area contributed by atoms with Gasteiger partial charge in [-0.2, -0.15) is 9.61 Å². The van der Waals surface area contributed by atoms with Gasteiger partial charge in [0, 0.05) is 75.7 Å². The van der Waals surface area contributed by atoms with Crippen LogP contribution in [0.1, 0.15) is 5.69 Å². The maximum Gasteiger partial charge on any atom is 0.158 e. The van der Waals surface area contributed by atoms with Gasteiger partial charge in [-0.25, -0.2) is 9.37 Å². The quantitative estimate of drug-likeness (QED) is 0.627. The molecule has 0 bridgehead atoms. The van der Waals surface area contributed by atoms with E-state index in [1.807, 2.05) is 23.6 Å². The van der Waals surface area contributed by atoms with E-state index in [2.05, 4.69) is 25.8 Å². The van der Waals surface area contributed by atoms with E-state index < -0.39 is 0 Å². The van der Waals surface area contributed by atoms with Crippen LogP contribution in [-0.4, -0.2) is 90.0 Å². The zero-order valence-electron chi connectivity index (χ0n) is 18.0. The number of piperazine rings is 1. The van der Waals surface area contributed by atoms with Crippen molar-refractivity contribution in [3.8, 4) is 11.3 Å². The lowest BCUT2D eigenvalue weighted by Gasteiger charge is -2.37. The van der Waals surface area contributed by atoms with Crippen LogP contribution in [0.3, 0.4) is 0 Å². The van der Waals surface area contributed by atoms with Crippen molar-refractivity contribution < 1.29 is 9.13 Å². The number of nitrogens with zero attached hydrogens (tertiary/aromatic N) is 6. The normalized spacial score (nSPS) is 18.7. The number of hydrogen-bond acceptors (Lipinski definition) is 6. The Balaban J connectivity index is 1.30. The molecule has 0 amide bonds. The summed E-state index contributed by atoms with van der Waals surface area (Å²) in [5, 5.41) is 4.77. The Morgan fingerprint density at radius 1 is 0.935 bits per heavy atom. The largest absolute Gasteiger partial charge is 0.379 e. The summed E-state index contributed by atoms with van der Waals surface area (Å²) >= 11 is 0. The number of anilines is 1. The summed E-state index contributed by atoms with van der Waals surface area (Å²) in [5.74, 6) is 0.796. The minimum atomic E-state index is -0.257. The second-order valence-corrected chi connectivity index (χ2v) is 8.35. The van der Waals surface area contributed by atoms with E-state index in [-0.39, 0.29) is 5.82 Å². The van der Waals surface area contributed by atoms with Crippen molar-refractivity contribution in [1.82, 2.24) is 24.4 Å². The standard InChI is InChI=1S/C23H29FN6O/c1-18-15-23(29-9-7-27(8-10-29)5-6-28-11-13-31-14-12-28)30-22(25-18)17-21(26-30)19-3-2-4-20(24)16-19/h2-4,15-17H,5-14H2,1H3. The summed E-state index contributed by atoms with van der Waals surface area (Å²) in [6, 6.07) is 10.6. The van der Waals surface area contributed by atoms with Crippen LogP contribution in [0.5, 0.6) is 0 Å². The molecule has 0 aliphatic carbocycles. The summed E-state index contributed by atoms with van der Waals surface area (Å²) in [7, 11) is 0. The molecule has 1 aromatic carbocycles. The molecule has 31 heavy (non-hydrogen) atoms. The van der Waals surface area contributed by atoms with Gasteiger partial charge >= 0.3 is 0 Å². The van der Waals surface area contributed by atoms with Crippen LogP contribution >= 0.6 is 0 Å². The highest BCUT2D eigenvalue weighted by Gasteiger charge is 2.21. The Morgan fingerprint density at radius 2 is 1.68 bits per heavy atom. The maximum absolute atomic E-state index is 13.7. The molecule has 0 radical (unpaired) electrons. The van der Waals surface area contributed by atoms with Crippen LogP contribution in [0, 0.1) is 12.7 Å². The van der Waals surface area contributed by atoms with E-state index in [0.29, 0.717) is 0 Å². The summed E-state index contributed by atoms with van der Waals surface area (Å²) in [6.07, 6.45) is 0. The lowest BCUT2D eigenvalue weighted by Crippen LogP contribution is -2.49. The average molecular weight is 425 g/mol. The van der Waals surface area contributed by atoms with Gasteiger partial charge in [-0.1, -0.05) is 12.1 Å². The fourth-order valence-corrected chi connectivity index (χ4v) is 4.40. The number of morpholine rings is 1. The topological polar surface area (TPSA) is 49.1 Å². The number of aryl methyl sites for hydroxylation is 1. The van der Waals surface area contributed by atoms with E-state index in [0.717, 1.165) is 94.0 Å². The van der Waals surface area contributed by atoms with Gasteiger partial charge in [0.25, 0.3) is 0 Å². The first kappa shape index (κ1) is 20.4. The number of halogens is 1. The molecule has 0 atom stereocenters. The number of rotatable bonds is 5. The van der Waals surface area contributed by atoms with Crippen molar-refractivity contribution in [3.05, 3.63) is 47.9 Å². The molecule has 2 aliphatic heterocycles. The molecular formula is C23H29FN6O. The minimum Gasteiger partial charge on any atom is -0.379 e. The smallest absolute Gasteiger partial charge is 0.158 e. The number of hydrogen-bond donors (Lipinski definition) is 0. The Kier molecular flexibility index (Phi) is 5.85. The Morgan fingerprint density at radius 3 is 2.42 bits per heavy atom. The Labute approximate surface area is 182 Å². The average Bonchev–Trinajstić information content (AvgIpc) is 3.22. The fraction of sp³-hybridized carbons (Fsp3) is 0.478. The third-order valence-corrected chi connectivity index (χ3v) is 6.19. The van der Waals surface area contributed by atoms with Crippen molar-refractivity contribution in [2.24, 2.45) is 0 Å². The lowest BCUT2D eigenvalue weighted by molar-refractivity contribution is 0.0331. The highest BCUT2D eigenvalue weighted by molar-refractivity contribution is 5.66. The summed E-state index contributed by atoms with van der Waals surface area (Å²) in [4.78, 5) is 12.1. The van der Waals surface area contributed by atoms with Gasteiger partial charge in [0.15, 0.2) is 5.65 Å². The van der Waals surface area contributed by atoms with Crippen LogP contribution in [0.4, 0.5) is 10.2 Å². The first-order valence-electron chi connectivity index (χ1n) is 11.1. The maximum atomic E-state index is 13.7. The van der Waals surface area contributed by atoms with E-state index in [1.54, 1.807) is 6.07 Å². The molecule has 4 heterocycles. The SMILES string of the molecule is Cc1cc(N2CCN(CCN3CCOCC3)CC2)n2nc(-c3cccc(F)c3)cc2n1. The second-order valence-electron chi connectivity index (χ2n) is 8.35. The molecule has 7 nitrogen and oxygen atoms in total. The van der Waals surface area contributed by atoms with Gasteiger partial charge in [0.1, 0.15) is 11.6 Å². The van der Waals surface area contributed by atoms with Gasteiger partial charge in [-0.3, -0.25) is 9.80 Å². The zero-order chi connectivity index (χ0) is 21.2. The van der Waals surface area contributed by atoms with Gasteiger partial charge in [-0.05, 0) is 19.1 Å². The third kappa shape index (κ3) is 4.56. The Hall–Kier alpha value is -2.55. The number of fused-ring (bicyclic) bond motifs is 1. The van der Waals surface area contributed by atoms with E-state index in [9.17, 15) is 4.39 Å². The van der Waals surface area contributed by atoms with Crippen LogP contribution in [-0.2, 0) is 4.74 Å². The molecule has 2 aliphatic rings.